The van der Waals surface area contributed by atoms with Gasteiger partial charge in [-0.3, -0.25) is 4.79 Å². The van der Waals surface area contributed by atoms with Gasteiger partial charge in [0.15, 0.2) is 0 Å². The van der Waals surface area contributed by atoms with Gasteiger partial charge < -0.3 is 15.0 Å². The third-order valence-corrected chi connectivity index (χ3v) is 5.65. The fourth-order valence-corrected chi connectivity index (χ4v) is 4.20. The third kappa shape index (κ3) is 4.84. The minimum absolute atomic E-state index is 0.0195. The monoisotopic (exact) mass is 408 g/mol. The smallest absolute Gasteiger partial charge is 0.338 e. The second-order valence-corrected chi connectivity index (χ2v) is 7.73. The summed E-state index contributed by atoms with van der Waals surface area (Å²) in [6, 6.07) is 13.5. The summed E-state index contributed by atoms with van der Waals surface area (Å²) in [7, 11) is 0. The molecule has 30 heavy (non-hydrogen) atoms. The van der Waals surface area contributed by atoms with Crippen LogP contribution in [0.15, 0.2) is 42.5 Å². The van der Waals surface area contributed by atoms with Gasteiger partial charge in [-0.1, -0.05) is 24.3 Å². The second-order valence-electron chi connectivity index (χ2n) is 7.73. The normalized spacial score (nSPS) is 14.8. The van der Waals surface area contributed by atoms with Crippen LogP contribution in [-0.2, 0) is 9.53 Å². The predicted molar refractivity (Wildman–Crippen MR) is 120 cm³/mol. The van der Waals surface area contributed by atoms with Crippen molar-refractivity contribution in [2.75, 3.05) is 31.1 Å². The molecule has 1 aliphatic rings. The molecule has 3 rings (SSSR count). The van der Waals surface area contributed by atoms with E-state index in [0.29, 0.717) is 18.7 Å². The SMILES string of the molecule is CCNC(=O)C(c1ccc(C(=O)OCC)cc1)c1c(C)cccc1N1CCCCC1. The number of esters is 1. The minimum Gasteiger partial charge on any atom is -0.462 e. The Morgan fingerprint density at radius 1 is 1.03 bits per heavy atom. The molecule has 0 saturated carbocycles. The van der Waals surface area contributed by atoms with Crippen molar-refractivity contribution >= 4 is 17.6 Å². The Hall–Kier alpha value is -2.82. The molecular weight excluding hydrogens is 376 g/mol. The van der Waals surface area contributed by atoms with Crippen LogP contribution in [-0.4, -0.2) is 38.1 Å². The summed E-state index contributed by atoms with van der Waals surface area (Å²) in [5.74, 6) is -0.795. The maximum Gasteiger partial charge on any atom is 0.338 e. The number of carbonyl (C=O) groups excluding carboxylic acids is 2. The molecule has 1 fully saturated rings. The van der Waals surface area contributed by atoms with E-state index in [1.54, 1.807) is 19.1 Å². The van der Waals surface area contributed by atoms with Crippen molar-refractivity contribution < 1.29 is 14.3 Å². The van der Waals surface area contributed by atoms with Gasteiger partial charge in [0.1, 0.15) is 0 Å². The zero-order chi connectivity index (χ0) is 21.5. The number of hydrogen-bond donors (Lipinski definition) is 1. The number of rotatable bonds is 7. The molecule has 1 atom stereocenters. The Morgan fingerprint density at radius 2 is 1.73 bits per heavy atom. The van der Waals surface area contributed by atoms with E-state index < -0.39 is 5.92 Å². The molecule has 5 heteroatoms. The van der Waals surface area contributed by atoms with Gasteiger partial charge in [0.2, 0.25) is 5.91 Å². The highest BCUT2D eigenvalue weighted by atomic mass is 16.5. The highest BCUT2D eigenvalue weighted by Gasteiger charge is 2.29. The van der Waals surface area contributed by atoms with Crippen LogP contribution in [0.5, 0.6) is 0 Å². The van der Waals surface area contributed by atoms with Crippen LogP contribution in [0.25, 0.3) is 0 Å². The van der Waals surface area contributed by atoms with Gasteiger partial charge in [0.25, 0.3) is 0 Å². The molecular formula is C25H32N2O3. The summed E-state index contributed by atoms with van der Waals surface area (Å²) >= 11 is 0. The molecule has 2 aromatic carbocycles. The van der Waals surface area contributed by atoms with Crippen LogP contribution in [0.2, 0.25) is 0 Å². The molecule has 5 nitrogen and oxygen atoms in total. The standard InChI is InChI=1S/C25H32N2O3/c1-4-26-24(28)23(19-12-14-20(15-13-19)25(29)30-5-2)22-18(3)10-9-11-21(22)27-16-7-6-8-17-27/h9-15,23H,4-8,16-17H2,1-3H3,(H,26,28). The molecule has 1 unspecified atom stereocenters. The second kappa shape index (κ2) is 10.3. The summed E-state index contributed by atoms with van der Waals surface area (Å²) in [4.78, 5) is 27.7. The van der Waals surface area contributed by atoms with E-state index in [9.17, 15) is 9.59 Å². The highest BCUT2D eigenvalue weighted by molar-refractivity contribution is 5.91. The lowest BCUT2D eigenvalue weighted by molar-refractivity contribution is -0.121. The number of carbonyl (C=O) groups is 2. The van der Waals surface area contributed by atoms with Gasteiger partial charge in [-0.25, -0.2) is 4.79 Å². The lowest BCUT2D eigenvalue weighted by Gasteiger charge is -2.33. The average molecular weight is 409 g/mol. The highest BCUT2D eigenvalue weighted by Crippen LogP contribution is 2.36. The van der Waals surface area contributed by atoms with Gasteiger partial charge in [-0.2, -0.15) is 0 Å². The summed E-state index contributed by atoms with van der Waals surface area (Å²) in [5, 5.41) is 3.01. The summed E-state index contributed by atoms with van der Waals surface area (Å²) in [6.45, 7) is 8.73. The number of amides is 1. The van der Waals surface area contributed by atoms with E-state index in [1.807, 2.05) is 19.1 Å². The first kappa shape index (κ1) is 21.9. The first-order valence-electron chi connectivity index (χ1n) is 11.0. The van der Waals surface area contributed by atoms with Crippen molar-refractivity contribution in [3.63, 3.8) is 0 Å². The number of benzene rings is 2. The Balaban J connectivity index is 2.05. The fourth-order valence-electron chi connectivity index (χ4n) is 4.20. The number of hydrogen-bond acceptors (Lipinski definition) is 4. The fraction of sp³-hybridized carbons (Fsp3) is 0.440. The van der Waals surface area contributed by atoms with E-state index in [0.717, 1.165) is 35.5 Å². The molecule has 1 saturated heterocycles. The van der Waals surface area contributed by atoms with Gasteiger partial charge in [0.05, 0.1) is 18.1 Å². The molecule has 1 amide bonds. The number of nitrogens with one attached hydrogen (secondary N) is 1. The van der Waals surface area contributed by atoms with E-state index in [4.69, 9.17) is 4.74 Å². The van der Waals surface area contributed by atoms with Gasteiger partial charge in [0, 0.05) is 25.3 Å². The van der Waals surface area contributed by atoms with Crippen molar-refractivity contribution in [3.05, 3.63) is 64.7 Å². The van der Waals surface area contributed by atoms with Crippen LogP contribution < -0.4 is 10.2 Å². The predicted octanol–water partition coefficient (Wildman–Crippen LogP) is 4.43. The maximum absolute atomic E-state index is 13.2. The number of aryl methyl sites for hydroxylation is 1. The van der Waals surface area contributed by atoms with Crippen LogP contribution in [0.4, 0.5) is 5.69 Å². The Morgan fingerprint density at radius 3 is 2.37 bits per heavy atom. The molecule has 0 spiro atoms. The van der Waals surface area contributed by atoms with Gasteiger partial charge >= 0.3 is 5.97 Å². The number of nitrogens with zero attached hydrogens (tertiary/aromatic N) is 1. The first-order chi connectivity index (χ1) is 14.6. The largest absolute Gasteiger partial charge is 0.462 e. The molecule has 2 aromatic rings. The molecule has 1 N–H and O–H groups in total. The molecule has 0 aromatic heterocycles. The molecule has 0 radical (unpaired) electrons. The van der Waals surface area contributed by atoms with Crippen LogP contribution in [0.1, 0.15) is 66.1 Å². The maximum atomic E-state index is 13.2. The van der Waals surface area contributed by atoms with E-state index in [2.05, 4.69) is 35.3 Å². The lowest BCUT2D eigenvalue weighted by Crippen LogP contribution is -2.34. The number of ether oxygens (including phenoxy) is 1. The summed E-state index contributed by atoms with van der Waals surface area (Å²) in [6.07, 6.45) is 3.60. The Bertz CT molecular complexity index is 870. The molecule has 0 bridgehead atoms. The molecule has 160 valence electrons. The van der Waals surface area contributed by atoms with E-state index in [-0.39, 0.29) is 11.9 Å². The third-order valence-electron chi connectivity index (χ3n) is 5.65. The van der Waals surface area contributed by atoms with Crippen molar-refractivity contribution in [1.29, 1.82) is 0 Å². The van der Waals surface area contributed by atoms with Crippen LogP contribution in [0.3, 0.4) is 0 Å². The average Bonchev–Trinajstić information content (AvgIpc) is 2.76. The lowest BCUT2D eigenvalue weighted by atomic mass is 9.85. The van der Waals surface area contributed by atoms with Crippen molar-refractivity contribution in [2.24, 2.45) is 0 Å². The Labute approximate surface area is 179 Å². The minimum atomic E-state index is -0.431. The summed E-state index contributed by atoms with van der Waals surface area (Å²) in [5.41, 5.74) is 4.66. The number of piperidine rings is 1. The van der Waals surface area contributed by atoms with Crippen LogP contribution >= 0.6 is 0 Å². The van der Waals surface area contributed by atoms with Crippen LogP contribution in [0, 0.1) is 6.92 Å². The number of anilines is 1. The molecule has 1 heterocycles. The zero-order valence-electron chi connectivity index (χ0n) is 18.2. The zero-order valence-corrected chi connectivity index (χ0v) is 18.2. The van der Waals surface area contributed by atoms with E-state index in [1.165, 1.54) is 19.3 Å². The topological polar surface area (TPSA) is 58.6 Å². The van der Waals surface area contributed by atoms with Gasteiger partial charge in [-0.05, 0) is 74.9 Å². The quantitative estimate of drug-likeness (QED) is 0.689. The summed E-state index contributed by atoms with van der Waals surface area (Å²) < 4.78 is 5.09. The van der Waals surface area contributed by atoms with Crippen molar-refractivity contribution in [1.82, 2.24) is 5.32 Å². The van der Waals surface area contributed by atoms with Crippen molar-refractivity contribution in [3.8, 4) is 0 Å². The van der Waals surface area contributed by atoms with Crippen molar-refractivity contribution in [2.45, 2.75) is 46.0 Å². The first-order valence-corrected chi connectivity index (χ1v) is 11.0. The van der Waals surface area contributed by atoms with Gasteiger partial charge in [-0.15, -0.1) is 0 Å². The Kier molecular flexibility index (Phi) is 7.50. The number of likely N-dealkylation sites (N-methyl/N-ethyl adjacent to an activating group) is 1. The van der Waals surface area contributed by atoms with E-state index >= 15 is 0 Å². The molecule has 0 aliphatic carbocycles. The molecule has 1 aliphatic heterocycles.